The minimum atomic E-state index is 0.537. The van der Waals surface area contributed by atoms with Crippen LogP contribution < -0.4 is 0 Å². The Hall–Kier alpha value is -3.16. The molecule has 0 aliphatic rings. The fourth-order valence-electron chi connectivity index (χ4n) is 2.97. The summed E-state index contributed by atoms with van der Waals surface area (Å²) in [6.07, 6.45) is 7.72. The highest BCUT2D eigenvalue weighted by Crippen LogP contribution is 2.19. The molecule has 1 aromatic carbocycles. The van der Waals surface area contributed by atoms with Gasteiger partial charge < -0.3 is 0 Å². The Bertz CT molecular complexity index is 1060. The first-order valence-corrected chi connectivity index (χ1v) is 9.13. The first-order valence-electron chi connectivity index (χ1n) is 9.13. The molecule has 0 radical (unpaired) electrons. The van der Waals surface area contributed by atoms with Crippen molar-refractivity contribution >= 4 is 11.0 Å². The summed E-state index contributed by atoms with van der Waals surface area (Å²) in [7, 11) is 1.88. The topological polar surface area (TPSA) is 87.2 Å². The van der Waals surface area contributed by atoms with E-state index in [-0.39, 0.29) is 0 Å². The molecule has 0 saturated heterocycles. The van der Waals surface area contributed by atoms with Crippen molar-refractivity contribution in [2.24, 2.45) is 13.0 Å². The summed E-state index contributed by atoms with van der Waals surface area (Å²) >= 11 is 0. The highest BCUT2D eigenvalue weighted by atomic mass is 15.4. The van der Waals surface area contributed by atoms with Crippen LogP contribution in [-0.2, 0) is 19.9 Å². The summed E-state index contributed by atoms with van der Waals surface area (Å²) in [5.41, 5.74) is 3.61. The molecule has 8 heteroatoms. The van der Waals surface area contributed by atoms with Gasteiger partial charge in [0.05, 0.1) is 35.0 Å². The molecule has 0 amide bonds. The Morgan fingerprint density at radius 2 is 1.93 bits per heavy atom. The number of nitrogens with zero attached hydrogens (tertiary/aromatic N) is 8. The first-order chi connectivity index (χ1) is 13.1. The third kappa shape index (κ3) is 3.55. The van der Waals surface area contributed by atoms with E-state index < -0.39 is 0 Å². The van der Waals surface area contributed by atoms with Crippen LogP contribution in [0.5, 0.6) is 0 Å². The zero-order chi connectivity index (χ0) is 18.8. The Balaban J connectivity index is 1.77. The molecule has 0 aliphatic carbocycles. The molecule has 4 rings (SSSR count). The molecule has 1 unspecified atom stereocenters. The van der Waals surface area contributed by atoms with Crippen molar-refractivity contribution < 1.29 is 0 Å². The largest absolute Gasteiger partial charge is 0.253 e. The molecule has 138 valence electrons. The van der Waals surface area contributed by atoms with Gasteiger partial charge in [-0.2, -0.15) is 5.10 Å². The van der Waals surface area contributed by atoms with Gasteiger partial charge in [0.15, 0.2) is 5.82 Å². The van der Waals surface area contributed by atoms with Crippen LogP contribution >= 0.6 is 0 Å². The molecule has 0 N–H and O–H groups in total. The summed E-state index contributed by atoms with van der Waals surface area (Å²) in [5, 5.41) is 12.8. The summed E-state index contributed by atoms with van der Waals surface area (Å²) in [6, 6.07) is 5.96. The van der Waals surface area contributed by atoms with Gasteiger partial charge in [0.2, 0.25) is 0 Å². The van der Waals surface area contributed by atoms with Crippen LogP contribution in [0, 0.1) is 5.92 Å². The van der Waals surface area contributed by atoms with E-state index in [0.717, 1.165) is 46.9 Å². The number of hydrogen-bond donors (Lipinski definition) is 0. The molecule has 3 aromatic heterocycles. The van der Waals surface area contributed by atoms with Crippen molar-refractivity contribution in [3.8, 4) is 5.69 Å². The number of fused-ring (bicyclic) bond motifs is 1. The van der Waals surface area contributed by atoms with Gasteiger partial charge in [-0.25, -0.2) is 9.67 Å². The van der Waals surface area contributed by atoms with E-state index in [1.54, 1.807) is 23.3 Å². The lowest BCUT2D eigenvalue weighted by Crippen LogP contribution is -2.07. The number of aryl methyl sites for hydroxylation is 1. The monoisotopic (exact) mass is 362 g/mol. The maximum absolute atomic E-state index is 4.82. The second-order valence-electron chi connectivity index (χ2n) is 6.83. The summed E-state index contributed by atoms with van der Waals surface area (Å²) in [5.74, 6) is 2.25. The summed E-state index contributed by atoms with van der Waals surface area (Å²) in [4.78, 5) is 13.6. The predicted octanol–water partition coefficient (Wildman–Crippen LogP) is 2.52. The third-order valence-electron chi connectivity index (χ3n) is 4.79. The van der Waals surface area contributed by atoms with E-state index in [1.807, 2.05) is 29.9 Å². The fourth-order valence-corrected chi connectivity index (χ4v) is 2.97. The number of hydrogen-bond acceptors (Lipinski definition) is 6. The second-order valence-corrected chi connectivity index (χ2v) is 6.83. The summed E-state index contributed by atoms with van der Waals surface area (Å²) < 4.78 is 3.66. The van der Waals surface area contributed by atoms with Crippen molar-refractivity contribution in [3.63, 3.8) is 0 Å². The van der Waals surface area contributed by atoms with E-state index in [1.165, 1.54) is 0 Å². The third-order valence-corrected chi connectivity index (χ3v) is 4.79. The molecule has 27 heavy (non-hydrogen) atoms. The van der Waals surface area contributed by atoms with Crippen molar-refractivity contribution in [1.29, 1.82) is 0 Å². The van der Waals surface area contributed by atoms with Gasteiger partial charge in [-0.1, -0.05) is 25.5 Å². The molecular weight excluding hydrogens is 340 g/mol. The molecule has 3 heterocycles. The lowest BCUT2D eigenvalue weighted by Gasteiger charge is -2.07. The fraction of sp³-hybridized carbons (Fsp3) is 0.368. The minimum absolute atomic E-state index is 0.537. The zero-order valence-electron chi connectivity index (χ0n) is 15.7. The van der Waals surface area contributed by atoms with Gasteiger partial charge in [0.25, 0.3) is 0 Å². The second kappa shape index (κ2) is 7.22. The Morgan fingerprint density at radius 1 is 1.11 bits per heavy atom. The van der Waals surface area contributed by atoms with Gasteiger partial charge in [-0.15, -0.1) is 5.10 Å². The Kier molecular flexibility index (Phi) is 4.62. The van der Waals surface area contributed by atoms with Crippen LogP contribution in [0.15, 0.2) is 36.8 Å². The van der Waals surface area contributed by atoms with E-state index in [9.17, 15) is 0 Å². The van der Waals surface area contributed by atoms with Crippen molar-refractivity contribution in [3.05, 3.63) is 54.1 Å². The molecule has 0 spiro atoms. The van der Waals surface area contributed by atoms with Crippen LogP contribution in [0.1, 0.15) is 37.6 Å². The van der Waals surface area contributed by atoms with Crippen molar-refractivity contribution in [1.82, 2.24) is 39.7 Å². The average Bonchev–Trinajstić information content (AvgIpc) is 3.27. The number of benzene rings is 1. The van der Waals surface area contributed by atoms with Crippen LogP contribution in [0.4, 0.5) is 0 Å². The number of aromatic nitrogens is 8. The van der Waals surface area contributed by atoms with Crippen molar-refractivity contribution in [2.75, 3.05) is 0 Å². The predicted molar refractivity (Wildman–Crippen MR) is 101 cm³/mol. The van der Waals surface area contributed by atoms with Gasteiger partial charge in [0.1, 0.15) is 5.82 Å². The molecule has 0 fully saturated rings. The van der Waals surface area contributed by atoms with E-state index in [4.69, 9.17) is 10.1 Å². The zero-order valence-corrected chi connectivity index (χ0v) is 15.7. The summed E-state index contributed by atoms with van der Waals surface area (Å²) in [6.45, 7) is 4.41. The molecule has 0 bridgehead atoms. The van der Waals surface area contributed by atoms with Crippen molar-refractivity contribution in [2.45, 2.75) is 33.1 Å². The minimum Gasteiger partial charge on any atom is -0.253 e. The molecule has 8 nitrogen and oxygen atoms in total. The number of rotatable bonds is 6. The van der Waals surface area contributed by atoms with Crippen LogP contribution in [0.2, 0.25) is 0 Å². The Morgan fingerprint density at radius 3 is 2.67 bits per heavy atom. The van der Waals surface area contributed by atoms with Crippen LogP contribution in [0.25, 0.3) is 16.7 Å². The van der Waals surface area contributed by atoms with E-state index in [0.29, 0.717) is 12.3 Å². The highest BCUT2D eigenvalue weighted by Gasteiger charge is 2.16. The van der Waals surface area contributed by atoms with Crippen LogP contribution in [0.3, 0.4) is 0 Å². The molecular formula is C19H22N8. The average molecular weight is 362 g/mol. The van der Waals surface area contributed by atoms with Gasteiger partial charge in [-0.05, 0) is 24.1 Å². The quantitative estimate of drug-likeness (QED) is 0.524. The highest BCUT2D eigenvalue weighted by molar-refractivity contribution is 5.76. The van der Waals surface area contributed by atoms with Gasteiger partial charge in [0, 0.05) is 25.9 Å². The smallest absolute Gasteiger partial charge is 0.151 e. The lowest BCUT2D eigenvalue weighted by molar-refractivity contribution is 0.542. The maximum atomic E-state index is 4.82. The first kappa shape index (κ1) is 17.3. The van der Waals surface area contributed by atoms with Gasteiger partial charge in [-0.3, -0.25) is 14.6 Å². The van der Waals surface area contributed by atoms with Gasteiger partial charge >= 0.3 is 0 Å². The van der Waals surface area contributed by atoms with E-state index in [2.05, 4.69) is 34.1 Å². The SMILES string of the molecule is CCC(C)Cc1nc(Cc2cnnn2C)n(-c2ccc3nccnc3c2)n1. The van der Waals surface area contributed by atoms with Crippen LogP contribution in [-0.4, -0.2) is 39.7 Å². The lowest BCUT2D eigenvalue weighted by atomic mass is 10.1. The molecule has 4 aromatic rings. The standard InChI is InChI=1S/C19H22N8/c1-4-13(2)9-18-23-19(11-15-12-22-25-26(15)3)27(24-18)14-5-6-16-17(10-14)21-8-7-20-16/h5-8,10,12-13H,4,9,11H2,1-3H3. The molecule has 0 aliphatic heterocycles. The maximum Gasteiger partial charge on any atom is 0.151 e. The van der Waals surface area contributed by atoms with E-state index >= 15 is 0 Å². The normalized spacial score (nSPS) is 12.6. The molecule has 0 saturated carbocycles. The molecule has 1 atom stereocenters. The Labute approximate surface area is 157 Å².